The molecule has 5 heteroatoms. The van der Waals surface area contributed by atoms with E-state index in [1.54, 1.807) is 0 Å². The Bertz CT molecular complexity index is 288. The van der Waals surface area contributed by atoms with Gasteiger partial charge in [0, 0.05) is 12.5 Å². The van der Waals surface area contributed by atoms with Crippen molar-refractivity contribution in [2.75, 3.05) is 13.1 Å². The van der Waals surface area contributed by atoms with Gasteiger partial charge in [0.2, 0.25) is 5.91 Å². The first-order valence-corrected chi connectivity index (χ1v) is 7.83. The zero-order chi connectivity index (χ0) is 13.7. The fourth-order valence-corrected chi connectivity index (χ4v) is 3.33. The number of hydrogen-bond acceptors (Lipinski definition) is 3. The van der Waals surface area contributed by atoms with Crippen LogP contribution in [0.2, 0.25) is 0 Å². The van der Waals surface area contributed by atoms with Gasteiger partial charge in [-0.25, -0.2) is 0 Å². The summed E-state index contributed by atoms with van der Waals surface area (Å²) in [6, 6.07) is 0.285. The van der Waals surface area contributed by atoms with Gasteiger partial charge in [-0.05, 0) is 63.5 Å². The van der Waals surface area contributed by atoms with Crippen molar-refractivity contribution < 1.29 is 9.90 Å². The zero-order valence-corrected chi connectivity index (χ0v) is 13.3. The molecule has 0 aromatic heterocycles. The third kappa shape index (κ3) is 5.58. The van der Waals surface area contributed by atoms with Crippen LogP contribution in [0.1, 0.15) is 51.9 Å². The highest BCUT2D eigenvalue weighted by molar-refractivity contribution is 5.85. The predicted octanol–water partition coefficient (Wildman–Crippen LogP) is 1.85. The Morgan fingerprint density at radius 1 is 1.30 bits per heavy atom. The normalized spacial score (nSPS) is 32.0. The molecule has 0 aromatic rings. The summed E-state index contributed by atoms with van der Waals surface area (Å²) in [4.78, 5) is 12.1. The quantitative estimate of drug-likeness (QED) is 0.743. The van der Waals surface area contributed by atoms with E-state index < -0.39 is 0 Å². The Balaban J connectivity index is 0.00000200. The Labute approximate surface area is 128 Å². The maximum Gasteiger partial charge on any atom is 0.220 e. The first-order valence-electron chi connectivity index (χ1n) is 7.83. The number of hydrogen-bond donors (Lipinski definition) is 3. The molecule has 0 radical (unpaired) electrons. The predicted molar refractivity (Wildman–Crippen MR) is 83.0 cm³/mol. The van der Waals surface area contributed by atoms with E-state index in [0.29, 0.717) is 18.3 Å². The molecule has 0 bridgehead atoms. The lowest BCUT2D eigenvalue weighted by molar-refractivity contribution is -0.123. The van der Waals surface area contributed by atoms with Gasteiger partial charge in [0.1, 0.15) is 0 Å². The monoisotopic (exact) mass is 304 g/mol. The minimum atomic E-state index is -0.152. The summed E-state index contributed by atoms with van der Waals surface area (Å²) in [5.41, 5.74) is 0. The number of carbonyl (C=O) groups excluding carboxylic acids is 1. The van der Waals surface area contributed by atoms with E-state index in [2.05, 4.69) is 17.6 Å². The molecule has 0 spiro atoms. The third-order valence-electron chi connectivity index (χ3n) is 4.71. The minimum Gasteiger partial charge on any atom is -0.393 e. The molecule has 20 heavy (non-hydrogen) atoms. The standard InChI is InChI=1S/C15H28N2O2.ClH/c1-11(12-3-2-8-16-10-12)9-15(19)17-13-4-6-14(18)7-5-13;/h11-14,16,18H,2-10H2,1H3,(H,17,19);1H. The van der Waals surface area contributed by atoms with E-state index in [-0.39, 0.29) is 30.5 Å². The van der Waals surface area contributed by atoms with Gasteiger partial charge in [-0.3, -0.25) is 4.79 Å². The molecule has 3 N–H and O–H groups in total. The van der Waals surface area contributed by atoms with E-state index in [1.165, 1.54) is 12.8 Å². The molecule has 1 saturated heterocycles. The zero-order valence-electron chi connectivity index (χ0n) is 12.4. The molecule has 1 aliphatic carbocycles. The summed E-state index contributed by atoms with van der Waals surface area (Å²) < 4.78 is 0. The maximum atomic E-state index is 12.1. The molecule has 2 fully saturated rings. The number of piperidine rings is 1. The average Bonchev–Trinajstić information content (AvgIpc) is 2.42. The molecule has 1 saturated carbocycles. The van der Waals surface area contributed by atoms with Crippen LogP contribution in [0.3, 0.4) is 0 Å². The number of aliphatic hydroxyl groups excluding tert-OH is 1. The second-order valence-electron chi connectivity index (χ2n) is 6.36. The lowest BCUT2D eigenvalue weighted by Gasteiger charge is -2.30. The number of amides is 1. The molecule has 1 amide bonds. The lowest BCUT2D eigenvalue weighted by Crippen LogP contribution is -2.40. The summed E-state index contributed by atoms with van der Waals surface area (Å²) in [6.45, 7) is 4.38. The molecule has 2 atom stereocenters. The maximum absolute atomic E-state index is 12.1. The van der Waals surface area contributed by atoms with Crippen LogP contribution in [-0.4, -0.2) is 36.2 Å². The molecule has 1 heterocycles. The highest BCUT2D eigenvalue weighted by Gasteiger charge is 2.24. The largest absolute Gasteiger partial charge is 0.393 e. The molecule has 118 valence electrons. The van der Waals surface area contributed by atoms with Crippen LogP contribution < -0.4 is 10.6 Å². The van der Waals surface area contributed by atoms with Gasteiger partial charge in [0.05, 0.1) is 6.10 Å². The molecule has 1 aliphatic heterocycles. The van der Waals surface area contributed by atoms with Crippen molar-refractivity contribution >= 4 is 18.3 Å². The van der Waals surface area contributed by atoms with Gasteiger partial charge in [0.25, 0.3) is 0 Å². The Kier molecular flexibility index (Phi) is 7.85. The molecule has 2 rings (SSSR count). The molecule has 2 unspecified atom stereocenters. The summed E-state index contributed by atoms with van der Waals surface area (Å²) in [7, 11) is 0. The Hall–Kier alpha value is -0.320. The molecule has 0 aromatic carbocycles. The van der Waals surface area contributed by atoms with E-state index >= 15 is 0 Å². The van der Waals surface area contributed by atoms with Gasteiger partial charge < -0.3 is 15.7 Å². The lowest BCUT2D eigenvalue weighted by atomic mass is 9.85. The second-order valence-corrected chi connectivity index (χ2v) is 6.36. The van der Waals surface area contributed by atoms with Crippen molar-refractivity contribution in [1.82, 2.24) is 10.6 Å². The summed E-state index contributed by atoms with van der Waals surface area (Å²) >= 11 is 0. The highest BCUT2D eigenvalue weighted by Crippen LogP contribution is 2.23. The van der Waals surface area contributed by atoms with Gasteiger partial charge in [-0.15, -0.1) is 12.4 Å². The van der Waals surface area contributed by atoms with Gasteiger partial charge in [0.15, 0.2) is 0 Å². The number of aliphatic hydroxyl groups is 1. The van der Waals surface area contributed by atoms with Crippen LogP contribution in [0.25, 0.3) is 0 Å². The minimum absolute atomic E-state index is 0. The molecule has 4 nitrogen and oxygen atoms in total. The molecular weight excluding hydrogens is 276 g/mol. The summed E-state index contributed by atoms with van der Waals surface area (Å²) in [5, 5.41) is 16.0. The van der Waals surface area contributed by atoms with Gasteiger partial charge >= 0.3 is 0 Å². The van der Waals surface area contributed by atoms with Crippen molar-refractivity contribution in [3.05, 3.63) is 0 Å². The SMILES string of the molecule is CC(CC(=O)NC1CCC(O)CC1)C1CCCNC1.Cl. The van der Waals surface area contributed by atoms with Crippen LogP contribution in [0.5, 0.6) is 0 Å². The van der Waals surface area contributed by atoms with E-state index in [1.807, 2.05) is 0 Å². The first-order chi connectivity index (χ1) is 9.15. The first kappa shape index (κ1) is 17.7. The average molecular weight is 305 g/mol. The summed E-state index contributed by atoms with van der Waals surface area (Å²) in [6.07, 6.45) is 6.47. The van der Waals surface area contributed by atoms with E-state index in [0.717, 1.165) is 38.8 Å². The van der Waals surface area contributed by atoms with Crippen LogP contribution in [0.4, 0.5) is 0 Å². The smallest absolute Gasteiger partial charge is 0.220 e. The second kappa shape index (κ2) is 8.85. The number of nitrogens with one attached hydrogen (secondary N) is 2. The van der Waals surface area contributed by atoms with E-state index in [9.17, 15) is 9.90 Å². The van der Waals surface area contributed by atoms with Crippen molar-refractivity contribution in [3.63, 3.8) is 0 Å². The van der Waals surface area contributed by atoms with Gasteiger partial charge in [-0.1, -0.05) is 6.92 Å². The van der Waals surface area contributed by atoms with Crippen LogP contribution in [0, 0.1) is 11.8 Å². The fraction of sp³-hybridized carbons (Fsp3) is 0.933. The molecule has 2 aliphatic rings. The topological polar surface area (TPSA) is 61.4 Å². The van der Waals surface area contributed by atoms with Crippen molar-refractivity contribution in [2.24, 2.45) is 11.8 Å². The van der Waals surface area contributed by atoms with Crippen LogP contribution in [0.15, 0.2) is 0 Å². The van der Waals surface area contributed by atoms with Crippen molar-refractivity contribution in [3.8, 4) is 0 Å². The third-order valence-corrected chi connectivity index (χ3v) is 4.71. The number of halogens is 1. The van der Waals surface area contributed by atoms with Crippen LogP contribution in [-0.2, 0) is 4.79 Å². The van der Waals surface area contributed by atoms with Crippen molar-refractivity contribution in [1.29, 1.82) is 0 Å². The van der Waals surface area contributed by atoms with Crippen LogP contribution >= 0.6 is 12.4 Å². The van der Waals surface area contributed by atoms with Crippen molar-refractivity contribution in [2.45, 2.75) is 64.0 Å². The molecular formula is C15H29ClN2O2. The fourth-order valence-electron chi connectivity index (χ4n) is 3.33. The number of carbonyl (C=O) groups is 1. The summed E-state index contributed by atoms with van der Waals surface area (Å²) in [5.74, 6) is 1.30. The Morgan fingerprint density at radius 2 is 2.00 bits per heavy atom. The van der Waals surface area contributed by atoms with E-state index in [4.69, 9.17) is 0 Å². The van der Waals surface area contributed by atoms with Gasteiger partial charge in [-0.2, -0.15) is 0 Å². The Morgan fingerprint density at radius 3 is 2.60 bits per heavy atom. The highest BCUT2D eigenvalue weighted by atomic mass is 35.5. The number of rotatable bonds is 4.